The number of hydrogen-bond donors (Lipinski definition) is 0. The van der Waals surface area contributed by atoms with Gasteiger partial charge in [0.05, 0.1) is 35.0 Å². The highest BCUT2D eigenvalue weighted by Gasteiger charge is 2.41. The largest absolute Gasteiger partial charge is 0.495 e. The first-order chi connectivity index (χ1) is 14.9. The fourth-order valence-electron chi connectivity index (χ4n) is 4.35. The van der Waals surface area contributed by atoms with E-state index in [0.29, 0.717) is 68.4 Å². The minimum atomic E-state index is -0.447. The summed E-state index contributed by atoms with van der Waals surface area (Å²) in [7, 11) is 3.02. The summed E-state index contributed by atoms with van der Waals surface area (Å²) >= 11 is 19.0. The van der Waals surface area contributed by atoms with Crippen LogP contribution in [0.2, 0.25) is 15.1 Å². The van der Waals surface area contributed by atoms with Crippen LogP contribution in [0.4, 0.5) is 5.69 Å². The van der Waals surface area contributed by atoms with Crippen molar-refractivity contribution in [3.63, 3.8) is 0 Å². The van der Waals surface area contributed by atoms with Crippen molar-refractivity contribution in [1.82, 2.24) is 0 Å². The third kappa shape index (κ3) is 3.79. The molecule has 5 nitrogen and oxygen atoms in total. The lowest BCUT2D eigenvalue weighted by Crippen LogP contribution is -2.40. The molecule has 1 aliphatic carbocycles. The van der Waals surface area contributed by atoms with E-state index in [4.69, 9.17) is 44.3 Å². The highest BCUT2D eigenvalue weighted by molar-refractivity contribution is 6.42. The predicted octanol–water partition coefficient (Wildman–Crippen LogP) is 6.19. The molecule has 2 aromatic rings. The van der Waals surface area contributed by atoms with Crippen LogP contribution in [0.25, 0.3) is 0 Å². The van der Waals surface area contributed by atoms with Gasteiger partial charge in [-0.05, 0) is 30.5 Å². The number of hydrogen-bond acceptors (Lipinski definition) is 4. The van der Waals surface area contributed by atoms with Gasteiger partial charge >= 0.3 is 0 Å². The number of rotatable bonds is 4. The van der Waals surface area contributed by atoms with Gasteiger partial charge in [0, 0.05) is 36.1 Å². The van der Waals surface area contributed by atoms with Gasteiger partial charge in [-0.2, -0.15) is 0 Å². The third-order valence-corrected chi connectivity index (χ3v) is 6.86. The number of carbonyl (C=O) groups excluding carboxylic acids is 2. The number of allylic oxidation sites excluding steroid dienone is 2. The number of Topliss-reactive ketones (excluding diaryl/α,β-unsaturated/α-hetero) is 1. The monoisotopic (exact) mass is 479 g/mol. The minimum absolute atomic E-state index is 0.0124. The van der Waals surface area contributed by atoms with Crippen LogP contribution in [0.1, 0.15) is 37.2 Å². The highest BCUT2D eigenvalue weighted by atomic mass is 35.5. The fraction of sp³-hybridized carbons (Fsp3) is 0.304. The molecule has 4 rings (SSSR count). The zero-order valence-electron chi connectivity index (χ0n) is 17.0. The van der Waals surface area contributed by atoms with Gasteiger partial charge in [-0.15, -0.1) is 0 Å². The van der Waals surface area contributed by atoms with Gasteiger partial charge in [0.15, 0.2) is 5.78 Å². The van der Waals surface area contributed by atoms with E-state index in [9.17, 15) is 9.59 Å². The number of methoxy groups -OCH3 is 2. The molecule has 162 valence electrons. The number of ketones is 1. The van der Waals surface area contributed by atoms with Gasteiger partial charge in [0.25, 0.3) is 0 Å². The van der Waals surface area contributed by atoms with Gasteiger partial charge in [0.2, 0.25) is 5.91 Å². The van der Waals surface area contributed by atoms with Gasteiger partial charge in [-0.25, -0.2) is 0 Å². The Balaban J connectivity index is 1.92. The van der Waals surface area contributed by atoms with Crippen LogP contribution in [0, 0.1) is 0 Å². The van der Waals surface area contributed by atoms with Crippen molar-refractivity contribution in [2.75, 3.05) is 19.1 Å². The SMILES string of the molecule is COc1cc(OC)c(N2C(=O)CC(c3cccc(Cl)c3Cl)C3=C2CCCC3=O)cc1Cl. The van der Waals surface area contributed by atoms with E-state index < -0.39 is 5.92 Å². The molecule has 0 fully saturated rings. The maximum atomic E-state index is 13.4. The molecule has 0 radical (unpaired) electrons. The highest BCUT2D eigenvalue weighted by Crippen LogP contribution is 2.48. The Labute approximate surface area is 195 Å². The first-order valence-corrected chi connectivity index (χ1v) is 10.9. The van der Waals surface area contributed by atoms with Gasteiger partial charge in [0.1, 0.15) is 11.5 Å². The second-order valence-electron chi connectivity index (χ2n) is 7.42. The molecule has 8 heteroatoms. The molecule has 0 saturated carbocycles. The molecule has 31 heavy (non-hydrogen) atoms. The first kappa shape index (κ1) is 22.0. The Kier molecular flexibility index (Phi) is 6.20. The van der Waals surface area contributed by atoms with Crippen molar-refractivity contribution in [1.29, 1.82) is 0 Å². The van der Waals surface area contributed by atoms with Crippen LogP contribution in [0.15, 0.2) is 41.6 Å². The van der Waals surface area contributed by atoms with Crippen molar-refractivity contribution < 1.29 is 19.1 Å². The molecular weight excluding hydrogens is 461 g/mol. The predicted molar refractivity (Wildman–Crippen MR) is 122 cm³/mol. The lowest BCUT2D eigenvalue weighted by Gasteiger charge is -2.39. The number of amides is 1. The van der Waals surface area contributed by atoms with Gasteiger partial charge < -0.3 is 9.47 Å². The Hall–Kier alpha value is -2.21. The Morgan fingerprint density at radius 3 is 2.42 bits per heavy atom. The number of carbonyl (C=O) groups is 2. The molecule has 2 aromatic carbocycles. The van der Waals surface area contributed by atoms with Crippen molar-refractivity contribution in [3.8, 4) is 11.5 Å². The summed E-state index contributed by atoms with van der Waals surface area (Å²) in [6.07, 6.45) is 1.74. The molecule has 1 amide bonds. The Bertz CT molecular complexity index is 1110. The molecular formula is C23H20Cl3NO4. The van der Waals surface area contributed by atoms with E-state index in [1.165, 1.54) is 14.2 Å². The number of benzene rings is 2. The third-order valence-electron chi connectivity index (χ3n) is 5.73. The Morgan fingerprint density at radius 1 is 0.968 bits per heavy atom. The topological polar surface area (TPSA) is 55.8 Å². The molecule has 0 saturated heterocycles. The molecule has 1 atom stereocenters. The van der Waals surface area contributed by atoms with Crippen molar-refractivity contribution >= 4 is 52.2 Å². The molecule has 2 aliphatic rings. The average Bonchev–Trinajstić information content (AvgIpc) is 2.75. The van der Waals surface area contributed by atoms with E-state index in [0.717, 1.165) is 0 Å². The number of halogens is 3. The summed E-state index contributed by atoms with van der Waals surface area (Å²) in [5.41, 5.74) is 2.43. The zero-order chi connectivity index (χ0) is 22.3. The maximum absolute atomic E-state index is 13.4. The number of anilines is 1. The van der Waals surface area contributed by atoms with Crippen LogP contribution in [-0.4, -0.2) is 25.9 Å². The molecule has 1 unspecified atom stereocenters. The van der Waals surface area contributed by atoms with E-state index in [1.807, 2.05) is 6.07 Å². The summed E-state index contributed by atoms with van der Waals surface area (Å²) in [4.78, 5) is 28.1. The van der Waals surface area contributed by atoms with Crippen LogP contribution in [0.3, 0.4) is 0 Å². The van der Waals surface area contributed by atoms with Crippen molar-refractivity contribution in [2.45, 2.75) is 31.6 Å². The normalized spacial score (nSPS) is 18.9. The second kappa shape index (κ2) is 8.73. The summed E-state index contributed by atoms with van der Waals surface area (Å²) in [5.74, 6) is 0.257. The van der Waals surface area contributed by atoms with E-state index in [2.05, 4.69) is 0 Å². The van der Waals surface area contributed by atoms with Crippen LogP contribution >= 0.6 is 34.8 Å². The first-order valence-electron chi connectivity index (χ1n) is 9.82. The fourth-order valence-corrected chi connectivity index (χ4v) is 5.02. The zero-order valence-corrected chi connectivity index (χ0v) is 19.3. The van der Waals surface area contributed by atoms with E-state index in [-0.39, 0.29) is 18.1 Å². The molecule has 1 heterocycles. The van der Waals surface area contributed by atoms with E-state index >= 15 is 0 Å². The van der Waals surface area contributed by atoms with Crippen LogP contribution < -0.4 is 14.4 Å². The minimum Gasteiger partial charge on any atom is -0.495 e. The van der Waals surface area contributed by atoms with Gasteiger partial charge in [-0.1, -0.05) is 46.9 Å². The lowest BCUT2D eigenvalue weighted by atomic mass is 9.77. The molecule has 0 aromatic heterocycles. The molecule has 1 aliphatic heterocycles. The summed E-state index contributed by atoms with van der Waals surface area (Å²) in [6, 6.07) is 8.55. The van der Waals surface area contributed by atoms with Crippen molar-refractivity contribution in [3.05, 3.63) is 62.2 Å². The molecule has 0 spiro atoms. The second-order valence-corrected chi connectivity index (χ2v) is 8.62. The summed E-state index contributed by atoms with van der Waals surface area (Å²) in [6.45, 7) is 0. The average molecular weight is 481 g/mol. The quantitative estimate of drug-likeness (QED) is 0.523. The van der Waals surface area contributed by atoms with E-state index in [1.54, 1.807) is 29.2 Å². The smallest absolute Gasteiger partial charge is 0.232 e. The summed E-state index contributed by atoms with van der Waals surface area (Å²) in [5, 5.41) is 1.10. The van der Waals surface area contributed by atoms with Crippen LogP contribution in [0.5, 0.6) is 11.5 Å². The Morgan fingerprint density at radius 2 is 1.71 bits per heavy atom. The molecule has 0 bridgehead atoms. The maximum Gasteiger partial charge on any atom is 0.232 e. The summed E-state index contributed by atoms with van der Waals surface area (Å²) < 4.78 is 10.8. The van der Waals surface area contributed by atoms with Crippen LogP contribution in [-0.2, 0) is 9.59 Å². The van der Waals surface area contributed by atoms with Gasteiger partial charge in [-0.3, -0.25) is 14.5 Å². The lowest BCUT2D eigenvalue weighted by molar-refractivity contribution is -0.119. The molecule has 0 N–H and O–H groups in total. The van der Waals surface area contributed by atoms with Crippen molar-refractivity contribution in [2.24, 2.45) is 0 Å². The standard InChI is InChI=1S/C23H20Cl3NO4/c1-30-19-11-20(31-2)17(10-15(19)25)27-16-7-4-8-18(28)22(16)13(9-21(27)29)12-5-3-6-14(24)23(12)26/h3,5-6,10-11,13H,4,7-9H2,1-2H3. The number of ether oxygens (including phenoxy) is 2. The number of nitrogens with zero attached hydrogens (tertiary/aromatic N) is 1.